The van der Waals surface area contributed by atoms with Gasteiger partial charge in [0.15, 0.2) is 0 Å². The Hall–Kier alpha value is -2.21. The van der Waals surface area contributed by atoms with Gasteiger partial charge in [0.05, 0.1) is 19.3 Å². The number of nitrogens with one attached hydrogen (secondary N) is 1. The molecule has 0 bridgehead atoms. The molecule has 1 N–H and O–H groups in total. The van der Waals surface area contributed by atoms with Crippen LogP contribution < -0.4 is 14.8 Å². The fourth-order valence-corrected chi connectivity index (χ4v) is 2.37. The van der Waals surface area contributed by atoms with Gasteiger partial charge in [-0.1, -0.05) is 11.6 Å². The maximum absolute atomic E-state index is 12.3. The fraction of sp³-hybridized carbons (Fsp3) is 0.375. The molecule has 0 aliphatic carbocycles. The van der Waals surface area contributed by atoms with Crippen molar-refractivity contribution in [1.82, 2.24) is 15.1 Å². The number of aromatic nitrogens is 2. The first kappa shape index (κ1) is 17.1. The van der Waals surface area contributed by atoms with Crippen LogP contribution in [0.4, 0.5) is 0 Å². The molecule has 7 heteroatoms. The van der Waals surface area contributed by atoms with Crippen LogP contribution in [0.25, 0.3) is 0 Å². The van der Waals surface area contributed by atoms with E-state index >= 15 is 0 Å². The third kappa shape index (κ3) is 4.16. The molecule has 1 atom stereocenters. The second-order valence-corrected chi connectivity index (χ2v) is 5.62. The van der Waals surface area contributed by atoms with E-state index in [0.717, 1.165) is 0 Å². The third-order valence-electron chi connectivity index (χ3n) is 3.29. The highest BCUT2D eigenvalue weighted by Gasteiger charge is 2.21. The summed E-state index contributed by atoms with van der Waals surface area (Å²) in [5.74, 6) is 0.900. The Kier molecular flexibility index (Phi) is 5.50. The van der Waals surface area contributed by atoms with Crippen molar-refractivity contribution in [1.29, 1.82) is 0 Å². The van der Waals surface area contributed by atoms with E-state index in [0.29, 0.717) is 34.5 Å². The monoisotopic (exact) mass is 337 g/mol. The smallest absolute Gasteiger partial charge is 0.258 e. The average Bonchev–Trinajstić information content (AvgIpc) is 2.80. The first-order valence-electron chi connectivity index (χ1n) is 7.20. The Balaban J connectivity index is 1.95. The molecule has 6 nitrogen and oxygen atoms in total. The molecule has 0 fully saturated rings. The van der Waals surface area contributed by atoms with Gasteiger partial charge in [0.1, 0.15) is 17.4 Å². The zero-order chi connectivity index (χ0) is 17.0. The number of halogens is 1. The highest BCUT2D eigenvalue weighted by molar-refractivity contribution is 6.30. The van der Waals surface area contributed by atoms with E-state index in [1.165, 1.54) is 11.8 Å². The van der Waals surface area contributed by atoms with Crippen molar-refractivity contribution < 1.29 is 14.3 Å². The van der Waals surface area contributed by atoms with Crippen LogP contribution in [-0.2, 0) is 7.05 Å². The Labute approximate surface area is 140 Å². The van der Waals surface area contributed by atoms with Crippen molar-refractivity contribution in [3.63, 3.8) is 0 Å². The van der Waals surface area contributed by atoms with Crippen LogP contribution in [0.3, 0.4) is 0 Å². The molecule has 0 unspecified atom stereocenters. The van der Waals surface area contributed by atoms with E-state index in [1.54, 1.807) is 38.2 Å². The summed E-state index contributed by atoms with van der Waals surface area (Å²) in [6.45, 7) is 4.01. The lowest BCUT2D eigenvalue weighted by molar-refractivity contribution is 0.0928. The molecule has 1 aromatic carbocycles. The lowest BCUT2D eigenvalue weighted by Gasteiger charge is -2.15. The van der Waals surface area contributed by atoms with Crippen LogP contribution in [0.15, 0.2) is 24.3 Å². The van der Waals surface area contributed by atoms with Crippen LogP contribution in [0.2, 0.25) is 5.02 Å². The van der Waals surface area contributed by atoms with Crippen molar-refractivity contribution in [2.24, 2.45) is 7.05 Å². The summed E-state index contributed by atoms with van der Waals surface area (Å²) < 4.78 is 12.5. The lowest BCUT2D eigenvalue weighted by atomic mass is 10.2. The molecular formula is C16H20ClN3O3. The predicted molar refractivity (Wildman–Crippen MR) is 88.4 cm³/mol. The van der Waals surface area contributed by atoms with Gasteiger partial charge in [0.2, 0.25) is 5.88 Å². The summed E-state index contributed by atoms with van der Waals surface area (Å²) in [5.41, 5.74) is 1.06. The number of amides is 1. The van der Waals surface area contributed by atoms with Gasteiger partial charge in [-0.15, -0.1) is 0 Å². The van der Waals surface area contributed by atoms with Crippen molar-refractivity contribution in [3.8, 4) is 11.6 Å². The summed E-state index contributed by atoms with van der Waals surface area (Å²) in [7, 11) is 3.24. The van der Waals surface area contributed by atoms with Crippen LogP contribution in [-0.4, -0.2) is 35.4 Å². The molecule has 0 aliphatic rings. The quantitative estimate of drug-likeness (QED) is 0.880. The minimum absolute atomic E-state index is 0.192. The fourth-order valence-electron chi connectivity index (χ4n) is 2.24. The van der Waals surface area contributed by atoms with E-state index in [9.17, 15) is 4.79 Å². The van der Waals surface area contributed by atoms with Gasteiger partial charge in [-0.2, -0.15) is 5.10 Å². The highest BCUT2D eigenvalue weighted by Crippen LogP contribution is 2.20. The zero-order valence-corrected chi connectivity index (χ0v) is 14.3. The summed E-state index contributed by atoms with van der Waals surface area (Å²) in [5, 5.41) is 7.68. The number of nitrogens with zero attached hydrogens (tertiary/aromatic N) is 2. The minimum atomic E-state index is -0.237. The Bertz CT molecular complexity index is 683. The molecule has 1 amide bonds. The van der Waals surface area contributed by atoms with E-state index in [-0.39, 0.29) is 12.0 Å². The number of ether oxygens (including phenoxy) is 2. The molecule has 2 rings (SSSR count). The van der Waals surface area contributed by atoms with Gasteiger partial charge in [0, 0.05) is 12.1 Å². The summed E-state index contributed by atoms with van der Waals surface area (Å²) in [6, 6.07) is 7.09. The second-order valence-electron chi connectivity index (χ2n) is 5.19. The maximum Gasteiger partial charge on any atom is 0.258 e. The van der Waals surface area contributed by atoms with Crippen molar-refractivity contribution >= 4 is 17.5 Å². The molecule has 0 saturated heterocycles. The number of benzene rings is 1. The molecule has 23 heavy (non-hydrogen) atoms. The molecule has 1 heterocycles. The molecule has 0 aliphatic heterocycles. The van der Waals surface area contributed by atoms with Gasteiger partial charge in [-0.05, 0) is 38.1 Å². The van der Waals surface area contributed by atoms with Crippen LogP contribution in [0.5, 0.6) is 11.6 Å². The second kappa shape index (κ2) is 7.37. The van der Waals surface area contributed by atoms with Crippen LogP contribution in [0, 0.1) is 6.92 Å². The third-order valence-corrected chi connectivity index (χ3v) is 3.54. The number of methoxy groups -OCH3 is 1. The molecule has 1 aromatic heterocycles. The standard InChI is InChI=1S/C16H20ClN3O3/c1-10(23-13-7-5-12(17)6-8-13)9-18-15(21)14-11(2)19-20(3)16(14)22-4/h5-8,10H,9H2,1-4H3,(H,18,21)/t10-/m0/s1. The number of rotatable bonds is 6. The maximum atomic E-state index is 12.3. The SMILES string of the molecule is COc1c(C(=O)NC[C@H](C)Oc2ccc(Cl)cc2)c(C)nn1C. The molecule has 0 saturated carbocycles. The summed E-state index contributed by atoms with van der Waals surface area (Å²) >= 11 is 5.83. The average molecular weight is 338 g/mol. The Morgan fingerprint density at radius 2 is 2.04 bits per heavy atom. The number of carbonyl (C=O) groups is 1. The zero-order valence-electron chi connectivity index (χ0n) is 13.6. The summed E-state index contributed by atoms with van der Waals surface area (Å²) in [6.07, 6.45) is -0.192. The predicted octanol–water partition coefficient (Wildman–Crippen LogP) is 2.59. The lowest BCUT2D eigenvalue weighted by Crippen LogP contribution is -2.34. The van der Waals surface area contributed by atoms with E-state index in [2.05, 4.69) is 10.4 Å². The normalized spacial score (nSPS) is 11.9. The van der Waals surface area contributed by atoms with Gasteiger partial charge in [0.25, 0.3) is 5.91 Å². The first-order chi connectivity index (χ1) is 10.9. The van der Waals surface area contributed by atoms with E-state index in [4.69, 9.17) is 21.1 Å². The molecule has 124 valence electrons. The topological polar surface area (TPSA) is 65.4 Å². The Morgan fingerprint density at radius 1 is 1.39 bits per heavy atom. The molecule has 2 aromatic rings. The van der Waals surface area contributed by atoms with Gasteiger partial charge < -0.3 is 14.8 Å². The molecule has 0 spiro atoms. The molecule has 0 radical (unpaired) electrons. The minimum Gasteiger partial charge on any atom is -0.489 e. The van der Waals surface area contributed by atoms with Crippen molar-refractivity contribution in [2.75, 3.05) is 13.7 Å². The van der Waals surface area contributed by atoms with Crippen molar-refractivity contribution in [2.45, 2.75) is 20.0 Å². The largest absolute Gasteiger partial charge is 0.489 e. The molecular weight excluding hydrogens is 318 g/mol. The van der Waals surface area contributed by atoms with Crippen LogP contribution >= 0.6 is 11.6 Å². The Morgan fingerprint density at radius 3 is 2.65 bits per heavy atom. The number of hydrogen-bond donors (Lipinski definition) is 1. The van der Waals surface area contributed by atoms with Crippen LogP contribution in [0.1, 0.15) is 23.0 Å². The first-order valence-corrected chi connectivity index (χ1v) is 7.58. The van der Waals surface area contributed by atoms with Crippen molar-refractivity contribution in [3.05, 3.63) is 40.5 Å². The van der Waals surface area contributed by atoms with Gasteiger partial charge in [-0.25, -0.2) is 4.68 Å². The number of hydrogen-bond acceptors (Lipinski definition) is 4. The number of aryl methyl sites for hydroxylation is 2. The summed E-state index contributed by atoms with van der Waals surface area (Å²) in [4.78, 5) is 12.3. The van der Waals surface area contributed by atoms with E-state index < -0.39 is 0 Å². The van der Waals surface area contributed by atoms with Gasteiger partial charge in [-0.3, -0.25) is 4.79 Å². The van der Waals surface area contributed by atoms with Gasteiger partial charge >= 0.3 is 0 Å². The van der Waals surface area contributed by atoms with E-state index in [1.807, 2.05) is 6.92 Å². The highest BCUT2D eigenvalue weighted by atomic mass is 35.5. The number of carbonyl (C=O) groups excluding carboxylic acids is 1.